The summed E-state index contributed by atoms with van der Waals surface area (Å²) in [7, 11) is 0. The van der Waals surface area contributed by atoms with Crippen molar-refractivity contribution >= 4 is 23.4 Å². The lowest BCUT2D eigenvalue weighted by molar-refractivity contribution is -0.117. The fourth-order valence-electron chi connectivity index (χ4n) is 2.39. The van der Waals surface area contributed by atoms with Gasteiger partial charge in [0.15, 0.2) is 0 Å². The topological polar surface area (TPSA) is 84.7 Å². The lowest BCUT2D eigenvalue weighted by Gasteiger charge is -2.22. The number of ether oxygens (including phenoxy) is 1. The van der Waals surface area contributed by atoms with Crippen LogP contribution in [0.5, 0.6) is 0 Å². The van der Waals surface area contributed by atoms with E-state index in [0.717, 1.165) is 5.56 Å². The van der Waals surface area contributed by atoms with Gasteiger partial charge in [0, 0.05) is 0 Å². The van der Waals surface area contributed by atoms with Crippen LogP contribution in [0.1, 0.15) is 5.56 Å². The fourth-order valence-corrected chi connectivity index (χ4v) is 2.39. The molecule has 0 radical (unpaired) electrons. The summed E-state index contributed by atoms with van der Waals surface area (Å²) >= 11 is 0. The predicted octanol–water partition coefficient (Wildman–Crippen LogP) is 2.11. The van der Waals surface area contributed by atoms with Gasteiger partial charge in [0.2, 0.25) is 5.91 Å². The summed E-state index contributed by atoms with van der Waals surface area (Å²) in [6.07, 6.45) is -0.534. The number of anilines is 2. The Balaban J connectivity index is 1.80. The van der Waals surface area contributed by atoms with Crippen LogP contribution < -0.4 is 16.0 Å². The van der Waals surface area contributed by atoms with Crippen LogP contribution in [0.2, 0.25) is 0 Å². The Hall–Kier alpha value is -2.86. The monoisotopic (exact) mass is 311 g/mol. The third kappa shape index (κ3) is 3.32. The van der Waals surface area contributed by atoms with Gasteiger partial charge in [-0.25, -0.2) is 4.79 Å². The van der Waals surface area contributed by atoms with E-state index < -0.39 is 12.1 Å². The number of hydrogen-bond acceptors (Lipinski definition) is 4. The van der Waals surface area contributed by atoms with Gasteiger partial charge in [-0.3, -0.25) is 9.69 Å². The molecule has 2 aromatic carbocycles. The van der Waals surface area contributed by atoms with Crippen molar-refractivity contribution in [3.05, 3.63) is 60.2 Å². The maximum Gasteiger partial charge on any atom is 0.414 e. The smallest absolute Gasteiger partial charge is 0.414 e. The van der Waals surface area contributed by atoms with Crippen molar-refractivity contribution in [3.8, 4) is 0 Å². The van der Waals surface area contributed by atoms with Gasteiger partial charge < -0.3 is 15.8 Å². The number of fused-ring (bicyclic) bond motifs is 1. The van der Waals surface area contributed by atoms with Crippen molar-refractivity contribution in [1.82, 2.24) is 0 Å². The predicted molar refractivity (Wildman–Crippen MR) is 87.0 cm³/mol. The number of benzene rings is 2. The molecule has 0 spiro atoms. The minimum atomic E-state index is -0.813. The molecule has 3 rings (SSSR count). The first-order valence-electron chi connectivity index (χ1n) is 7.29. The second-order valence-corrected chi connectivity index (χ2v) is 5.26. The molecule has 0 saturated heterocycles. The Kier molecular flexibility index (Phi) is 4.25. The van der Waals surface area contributed by atoms with Crippen molar-refractivity contribution < 1.29 is 14.3 Å². The second kappa shape index (κ2) is 6.50. The Bertz CT molecular complexity index is 718. The molecule has 3 N–H and O–H groups in total. The van der Waals surface area contributed by atoms with Crippen LogP contribution in [0.4, 0.5) is 16.2 Å². The molecule has 0 bridgehead atoms. The Morgan fingerprint density at radius 1 is 1.17 bits per heavy atom. The van der Waals surface area contributed by atoms with Crippen molar-refractivity contribution in [1.29, 1.82) is 0 Å². The molecule has 0 aromatic heterocycles. The number of hydrogen-bond donors (Lipinski definition) is 2. The Labute approximate surface area is 133 Å². The standard InChI is InChI=1S/C17H17N3O3/c18-13-10-20(15-9-5-4-8-14(15)19-16(13)21)17(22)23-11-12-6-2-1-3-7-12/h1-9,13H,10-11,18H2,(H,19,21). The number of nitrogens with zero attached hydrogens (tertiary/aromatic N) is 1. The minimum absolute atomic E-state index is 0.0659. The van der Waals surface area contributed by atoms with Crippen molar-refractivity contribution in [2.24, 2.45) is 5.73 Å². The van der Waals surface area contributed by atoms with E-state index in [0.29, 0.717) is 11.4 Å². The van der Waals surface area contributed by atoms with Crippen molar-refractivity contribution in [3.63, 3.8) is 0 Å². The molecule has 2 aromatic rings. The molecule has 1 unspecified atom stereocenters. The summed E-state index contributed by atoms with van der Waals surface area (Å²) in [6.45, 7) is 0.228. The second-order valence-electron chi connectivity index (χ2n) is 5.26. The number of carbonyl (C=O) groups is 2. The van der Waals surface area contributed by atoms with E-state index in [1.165, 1.54) is 4.90 Å². The van der Waals surface area contributed by atoms with Gasteiger partial charge >= 0.3 is 6.09 Å². The van der Waals surface area contributed by atoms with Gasteiger partial charge in [0.1, 0.15) is 12.6 Å². The average molecular weight is 311 g/mol. The molecule has 0 aliphatic carbocycles. The van der Waals surface area contributed by atoms with E-state index in [1.807, 2.05) is 30.3 Å². The molecule has 1 heterocycles. The van der Waals surface area contributed by atoms with E-state index in [4.69, 9.17) is 10.5 Å². The van der Waals surface area contributed by atoms with E-state index in [2.05, 4.69) is 5.32 Å². The number of nitrogens with two attached hydrogens (primary N) is 1. The van der Waals surface area contributed by atoms with E-state index >= 15 is 0 Å². The quantitative estimate of drug-likeness (QED) is 0.889. The molecule has 0 fully saturated rings. The molecule has 0 saturated carbocycles. The SMILES string of the molecule is NC1CN(C(=O)OCc2ccccc2)c2ccccc2NC1=O. The summed E-state index contributed by atoms with van der Waals surface area (Å²) in [5.41, 5.74) is 7.84. The van der Waals surface area contributed by atoms with Gasteiger partial charge in [0.25, 0.3) is 0 Å². The third-order valence-electron chi connectivity index (χ3n) is 3.59. The molecule has 23 heavy (non-hydrogen) atoms. The van der Waals surface area contributed by atoms with E-state index in [9.17, 15) is 9.59 Å². The lowest BCUT2D eigenvalue weighted by atomic mass is 10.2. The van der Waals surface area contributed by atoms with Crippen LogP contribution >= 0.6 is 0 Å². The van der Waals surface area contributed by atoms with Gasteiger partial charge in [-0.1, -0.05) is 42.5 Å². The molecular formula is C17H17N3O3. The normalized spacial score (nSPS) is 17.0. The average Bonchev–Trinajstić information content (AvgIpc) is 2.71. The summed E-state index contributed by atoms with van der Waals surface area (Å²) in [6, 6.07) is 15.6. The highest BCUT2D eigenvalue weighted by Gasteiger charge is 2.29. The number of carbonyl (C=O) groups excluding carboxylic acids is 2. The summed E-state index contributed by atoms with van der Waals surface area (Å²) < 4.78 is 5.36. The van der Waals surface area contributed by atoms with Crippen LogP contribution in [-0.2, 0) is 16.1 Å². The van der Waals surface area contributed by atoms with E-state index in [-0.39, 0.29) is 19.1 Å². The molecule has 6 nitrogen and oxygen atoms in total. The zero-order valence-electron chi connectivity index (χ0n) is 12.4. The van der Waals surface area contributed by atoms with Crippen molar-refractivity contribution in [2.45, 2.75) is 12.6 Å². The highest BCUT2D eigenvalue weighted by molar-refractivity contribution is 6.04. The number of amides is 2. The van der Waals surface area contributed by atoms with Crippen LogP contribution in [0.3, 0.4) is 0 Å². The van der Waals surface area contributed by atoms with E-state index in [1.54, 1.807) is 24.3 Å². The fraction of sp³-hybridized carbons (Fsp3) is 0.176. The minimum Gasteiger partial charge on any atom is -0.444 e. The van der Waals surface area contributed by atoms with Gasteiger partial charge in [-0.15, -0.1) is 0 Å². The molecule has 2 amide bonds. The molecule has 1 aliphatic rings. The highest BCUT2D eigenvalue weighted by atomic mass is 16.6. The first-order valence-corrected chi connectivity index (χ1v) is 7.29. The van der Waals surface area contributed by atoms with Crippen molar-refractivity contribution in [2.75, 3.05) is 16.8 Å². The van der Waals surface area contributed by atoms with Crippen LogP contribution in [0.25, 0.3) is 0 Å². The zero-order valence-corrected chi connectivity index (χ0v) is 12.4. The van der Waals surface area contributed by atoms with Gasteiger partial charge in [-0.05, 0) is 17.7 Å². The summed E-state index contributed by atoms with van der Waals surface area (Å²) in [5.74, 6) is -0.323. The first-order chi connectivity index (χ1) is 11.1. The Morgan fingerprint density at radius 3 is 2.65 bits per heavy atom. The number of para-hydroxylation sites is 2. The number of rotatable bonds is 2. The molecule has 1 aliphatic heterocycles. The van der Waals surface area contributed by atoms with Crippen LogP contribution in [0, 0.1) is 0 Å². The Morgan fingerprint density at radius 2 is 1.87 bits per heavy atom. The maximum atomic E-state index is 12.4. The molecule has 6 heteroatoms. The number of nitrogens with one attached hydrogen (secondary N) is 1. The molecule has 118 valence electrons. The van der Waals surface area contributed by atoms with Gasteiger partial charge in [-0.2, -0.15) is 0 Å². The zero-order chi connectivity index (χ0) is 16.2. The maximum absolute atomic E-state index is 12.4. The lowest BCUT2D eigenvalue weighted by Crippen LogP contribution is -2.45. The van der Waals surface area contributed by atoms with Crippen LogP contribution in [-0.4, -0.2) is 24.6 Å². The van der Waals surface area contributed by atoms with Crippen LogP contribution in [0.15, 0.2) is 54.6 Å². The highest BCUT2D eigenvalue weighted by Crippen LogP contribution is 2.28. The first kappa shape index (κ1) is 15.1. The summed E-state index contributed by atoms with van der Waals surface area (Å²) in [4.78, 5) is 25.7. The molecular weight excluding hydrogens is 294 g/mol. The van der Waals surface area contributed by atoms with Gasteiger partial charge in [0.05, 0.1) is 17.9 Å². The third-order valence-corrected chi connectivity index (χ3v) is 3.59. The largest absolute Gasteiger partial charge is 0.444 e. The molecule has 1 atom stereocenters. The summed E-state index contributed by atoms with van der Waals surface area (Å²) in [5, 5.41) is 2.72.